The van der Waals surface area contributed by atoms with Crippen LogP contribution in [0.4, 0.5) is 0 Å². The second-order valence-electron chi connectivity index (χ2n) is 6.81. The summed E-state index contributed by atoms with van der Waals surface area (Å²) >= 11 is 0. The fourth-order valence-electron chi connectivity index (χ4n) is 3.32. The van der Waals surface area contributed by atoms with Crippen LogP contribution in [0.5, 0.6) is 0 Å². The number of carbonyl (C=O) groups excluding carboxylic acids is 3. The molecule has 2 atom stereocenters. The molecule has 136 valence electrons. The summed E-state index contributed by atoms with van der Waals surface area (Å²) in [4.78, 5) is 36.3. The van der Waals surface area contributed by atoms with Gasteiger partial charge in [-0.2, -0.15) is 0 Å². The topological polar surface area (TPSA) is 74.6 Å². The highest BCUT2D eigenvalue weighted by Crippen LogP contribution is 2.38. The van der Waals surface area contributed by atoms with E-state index in [1.807, 2.05) is 13.8 Å². The maximum absolute atomic E-state index is 12.8. The number of ether oxygens (including phenoxy) is 2. The van der Waals surface area contributed by atoms with Crippen LogP contribution in [0.2, 0.25) is 0 Å². The Morgan fingerprint density at radius 1 is 1.48 bits per heavy atom. The minimum Gasteiger partial charge on any atom is -0.469 e. The molecule has 0 N–H and O–H groups in total. The number of cyclic esters (lactones) is 1. The van der Waals surface area contributed by atoms with Crippen LogP contribution in [-0.2, 0) is 25.5 Å². The van der Waals surface area contributed by atoms with E-state index < -0.39 is 11.5 Å². The summed E-state index contributed by atoms with van der Waals surface area (Å²) in [7, 11) is 1.35. The Kier molecular flexibility index (Phi) is 5.50. The molecule has 2 rings (SSSR count). The van der Waals surface area contributed by atoms with Gasteiger partial charge in [-0.15, -0.1) is 6.58 Å². The van der Waals surface area contributed by atoms with E-state index in [0.717, 1.165) is 16.8 Å². The Morgan fingerprint density at radius 3 is 2.76 bits per heavy atom. The minimum atomic E-state index is -0.795. The predicted molar refractivity (Wildman–Crippen MR) is 92.3 cm³/mol. The largest absolute Gasteiger partial charge is 0.469 e. The summed E-state index contributed by atoms with van der Waals surface area (Å²) in [6.07, 6.45) is 4.19. The van der Waals surface area contributed by atoms with E-state index >= 15 is 0 Å². The number of hydrogen-bond acceptors (Lipinski definition) is 5. The molecule has 1 aromatic rings. The highest BCUT2D eigenvalue weighted by atomic mass is 16.6. The Balaban J connectivity index is 2.19. The van der Waals surface area contributed by atoms with E-state index in [1.54, 1.807) is 19.2 Å². The molecule has 1 fully saturated rings. The van der Waals surface area contributed by atoms with Crippen molar-refractivity contribution in [2.45, 2.75) is 52.6 Å². The lowest BCUT2D eigenvalue weighted by molar-refractivity contribution is -0.147. The smallest absolute Gasteiger partial charge is 0.313 e. The minimum absolute atomic E-state index is 0.256. The lowest BCUT2D eigenvalue weighted by Gasteiger charge is -2.15. The van der Waals surface area contributed by atoms with Gasteiger partial charge in [0.25, 0.3) is 5.91 Å². The number of rotatable bonds is 6. The quantitative estimate of drug-likeness (QED) is 0.584. The fraction of sp³-hybridized carbons (Fsp3) is 0.526. The average molecular weight is 347 g/mol. The van der Waals surface area contributed by atoms with Gasteiger partial charge in [-0.3, -0.25) is 19.0 Å². The summed E-state index contributed by atoms with van der Waals surface area (Å²) < 4.78 is 11.5. The molecule has 0 saturated carbocycles. The van der Waals surface area contributed by atoms with Crippen molar-refractivity contribution in [1.82, 2.24) is 4.57 Å². The Hall–Kier alpha value is -2.37. The van der Waals surface area contributed by atoms with Crippen molar-refractivity contribution in [3.63, 3.8) is 0 Å². The highest BCUT2D eigenvalue weighted by molar-refractivity contribution is 5.91. The maximum atomic E-state index is 12.8. The Labute approximate surface area is 147 Å². The fourth-order valence-corrected chi connectivity index (χ4v) is 3.32. The molecular formula is C19H25NO5. The molecular weight excluding hydrogens is 322 g/mol. The maximum Gasteiger partial charge on any atom is 0.313 e. The van der Waals surface area contributed by atoms with E-state index in [2.05, 4.69) is 11.3 Å². The third kappa shape index (κ3) is 3.67. The van der Waals surface area contributed by atoms with E-state index in [4.69, 9.17) is 4.74 Å². The van der Waals surface area contributed by atoms with Gasteiger partial charge in [0.1, 0.15) is 0 Å². The summed E-state index contributed by atoms with van der Waals surface area (Å²) in [5.41, 5.74) is 1.93. The van der Waals surface area contributed by atoms with Gasteiger partial charge in [-0.05, 0) is 44.7 Å². The first-order chi connectivity index (χ1) is 11.7. The van der Waals surface area contributed by atoms with Crippen LogP contribution >= 0.6 is 0 Å². The molecule has 1 aliphatic rings. The zero-order valence-electron chi connectivity index (χ0n) is 15.3. The van der Waals surface area contributed by atoms with Crippen molar-refractivity contribution in [2.24, 2.45) is 5.41 Å². The van der Waals surface area contributed by atoms with Crippen LogP contribution < -0.4 is 0 Å². The molecule has 0 radical (unpaired) electrons. The molecule has 0 unspecified atom stereocenters. The zero-order chi connectivity index (χ0) is 18.8. The monoisotopic (exact) mass is 347 g/mol. The third-order valence-electron chi connectivity index (χ3n) is 4.89. The Morgan fingerprint density at radius 2 is 2.16 bits per heavy atom. The first-order valence-corrected chi connectivity index (χ1v) is 8.34. The second kappa shape index (κ2) is 7.25. The second-order valence-corrected chi connectivity index (χ2v) is 6.81. The van der Waals surface area contributed by atoms with Crippen LogP contribution in [0.15, 0.2) is 18.9 Å². The Bertz CT molecular complexity index is 718. The van der Waals surface area contributed by atoms with Crippen molar-refractivity contribution in [3.05, 3.63) is 35.7 Å². The molecule has 1 aromatic heterocycles. The normalized spacial score (nSPS) is 22.6. The standard InChI is InChI=1S/C19H25NO5/c1-6-9-19(4)10-15(25-18(19)23)17(22)20-11-12(2)14(13(20)3)7-8-16(21)24-5/h6,11,15H,1,7-10H2,2-5H3/t15-,19-/m0/s1. The molecule has 0 amide bonds. The predicted octanol–water partition coefficient (Wildman–Crippen LogP) is 2.75. The SMILES string of the molecule is C=CC[C@@]1(C)C[C@@H](C(=O)n2cc(C)c(CCC(=O)OC)c2C)OC1=O. The van der Waals surface area contributed by atoms with Crippen molar-refractivity contribution in [2.75, 3.05) is 7.11 Å². The number of methoxy groups -OCH3 is 1. The number of carbonyl (C=O) groups is 3. The van der Waals surface area contributed by atoms with Crippen LogP contribution in [0.1, 0.15) is 47.8 Å². The number of aryl methyl sites for hydroxylation is 1. The van der Waals surface area contributed by atoms with Gasteiger partial charge >= 0.3 is 11.9 Å². The molecule has 0 spiro atoms. The summed E-state index contributed by atoms with van der Waals surface area (Å²) in [6.45, 7) is 9.18. The van der Waals surface area contributed by atoms with Crippen molar-refractivity contribution >= 4 is 17.8 Å². The average Bonchev–Trinajstić information content (AvgIpc) is 3.02. The van der Waals surface area contributed by atoms with Gasteiger partial charge in [0.05, 0.1) is 12.5 Å². The number of esters is 2. The molecule has 6 nitrogen and oxygen atoms in total. The summed E-state index contributed by atoms with van der Waals surface area (Å²) in [5, 5.41) is 0. The number of nitrogens with zero attached hydrogens (tertiary/aromatic N) is 1. The lowest BCUT2D eigenvalue weighted by Crippen LogP contribution is -2.27. The van der Waals surface area contributed by atoms with Crippen molar-refractivity contribution in [3.8, 4) is 0 Å². The number of aromatic nitrogens is 1. The molecule has 2 heterocycles. The third-order valence-corrected chi connectivity index (χ3v) is 4.89. The lowest BCUT2D eigenvalue weighted by atomic mass is 9.83. The highest BCUT2D eigenvalue weighted by Gasteiger charge is 2.47. The van der Waals surface area contributed by atoms with Gasteiger partial charge in [0.2, 0.25) is 0 Å². The van der Waals surface area contributed by atoms with E-state index in [9.17, 15) is 14.4 Å². The zero-order valence-corrected chi connectivity index (χ0v) is 15.3. The molecule has 0 bridgehead atoms. The first-order valence-electron chi connectivity index (χ1n) is 8.34. The van der Waals surface area contributed by atoms with Crippen LogP contribution in [0.3, 0.4) is 0 Å². The molecule has 6 heteroatoms. The molecule has 1 aliphatic heterocycles. The van der Waals surface area contributed by atoms with Crippen molar-refractivity contribution in [1.29, 1.82) is 0 Å². The van der Waals surface area contributed by atoms with Crippen molar-refractivity contribution < 1.29 is 23.9 Å². The molecule has 0 aromatic carbocycles. The van der Waals surface area contributed by atoms with Gasteiger partial charge in [-0.1, -0.05) is 6.08 Å². The van der Waals surface area contributed by atoms with Gasteiger partial charge < -0.3 is 9.47 Å². The number of allylic oxidation sites excluding steroid dienone is 1. The van der Waals surface area contributed by atoms with Gasteiger partial charge in [0, 0.05) is 24.7 Å². The van der Waals surface area contributed by atoms with Crippen LogP contribution in [-0.4, -0.2) is 35.6 Å². The first kappa shape index (κ1) is 19.0. The molecule has 0 aliphatic carbocycles. The number of hydrogen-bond donors (Lipinski definition) is 0. The van der Waals surface area contributed by atoms with E-state index in [1.165, 1.54) is 11.7 Å². The van der Waals surface area contributed by atoms with E-state index in [0.29, 0.717) is 19.3 Å². The van der Waals surface area contributed by atoms with E-state index in [-0.39, 0.29) is 24.3 Å². The van der Waals surface area contributed by atoms with Gasteiger partial charge in [0.15, 0.2) is 6.10 Å². The summed E-state index contributed by atoms with van der Waals surface area (Å²) in [6, 6.07) is 0. The molecule has 1 saturated heterocycles. The molecule has 25 heavy (non-hydrogen) atoms. The van der Waals surface area contributed by atoms with Crippen LogP contribution in [0, 0.1) is 19.3 Å². The van der Waals surface area contributed by atoms with Gasteiger partial charge in [-0.25, -0.2) is 0 Å². The summed E-state index contributed by atoms with van der Waals surface area (Å²) in [5.74, 6) is -0.910. The van der Waals surface area contributed by atoms with Crippen LogP contribution in [0.25, 0.3) is 0 Å².